The van der Waals surface area contributed by atoms with Crippen LogP contribution >= 0.6 is 11.8 Å². The summed E-state index contributed by atoms with van der Waals surface area (Å²) in [5.74, 6) is 0. The van der Waals surface area contributed by atoms with Crippen molar-refractivity contribution in [2.24, 2.45) is 0 Å². The molecule has 22 heavy (non-hydrogen) atoms. The largest absolute Gasteiger partial charge is 0.292 e. The van der Waals surface area contributed by atoms with Gasteiger partial charge in [-0.05, 0) is 31.0 Å². The quantitative estimate of drug-likeness (QED) is 0.729. The molecule has 2 nitrogen and oxygen atoms in total. The molecule has 1 atom stereocenters. The van der Waals surface area contributed by atoms with Crippen LogP contribution in [0.1, 0.15) is 43.9 Å². The fraction of sp³-hybridized carbons (Fsp3) is 0.421. The summed E-state index contributed by atoms with van der Waals surface area (Å²) in [7, 11) is 0. The minimum atomic E-state index is 0.509. The maximum absolute atomic E-state index is 4.64. The molecule has 2 aromatic rings. The molecule has 116 valence electrons. The first kappa shape index (κ1) is 15.6. The van der Waals surface area contributed by atoms with Crippen molar-refractivity contribution in [3.8, 4) is 0 Å². The normalized spacial score (nSPS) is 19.0. The number of hydrogen-bond donors (Lipinski definition) is 0. The number of hydrogen-bond acceptors (Lipinski definition) is 3. The predicted octanol–water partition coefficient (Wildman–Crippen LogP) is 4.92. The Morgan fingerprint density at radius 3 is 2.77 bits per heavy atom. The van der Waals surface area contributed by atoms with Crippen LogP contribution < -0.4 is 0 Å². The number of rotatable bonds is 5. The fourth-order valence-electron chi connectivity index (χ4n) is 3.16. The summed E-state index contributed by atoms with van der Waals surface area (Å²) in [6.07, 6.45) is 4.44. The molecule has 0 aliphatic carbocycles. The molecule has 1 fully saturated rings. The molecule has 3 rings (SSSR count). The molecule has 0 bridgehead atoms. The van der Waals surface area contributed by atoms with E-state index in [-0.39, 0.29) is 0 Å². The van der Waals surface area contributed by atoms with Crippen molar-refractivity contribution in [3.63, 3.8) is 0 Å². The first-order chi connectivity index (χ1) is 10.7. The molecule has 0 saturated carbocycles. The van der Waals surface area contributed by atoms with Gasteiger partial charge in [0.1, 0.15) is 5.03 Å². The molecule has 3 heteroatoms. The van der Waals surface area contributed by atoms with Gasteiger partial charge in [-0.15, -0.1) is 11.8 Å². The maximum atomic E-state index is 4.64. The number of benzene rings is 1. The molecule has 1 aromatic heterocycles. The number of aromatic nitrogens is 1. The van der Waals surface area contributed by atoms with E-state index in [1.165, 1.54) is 35.5 Å². The highest BCUT2D eigenvalue weighted by atomic mass is 32.2. The standard InChI is InChI=1S/C19H24N2S/c1-15(2)22-19-17(10-6-12-20-19)18-11-7-13-21(18)14-16-8-4-3-5-9-16/h3-6,8-10,12,15,18H,7,11,13-14H2,1-2H3/t18-/m0/s1. The van der Waals surface area contributed by atoms with Gasteiger partial charge in [-0.25, -0.2) is 4.98 Å². The second-order valence-corrected chi connectivity index (χ2v) is 7.74. The second-order valence-electron chi connectivity index (χ2n) is 6.18. The van der Waals surface area contributed by atoms with E-state index < -0.39 is 0 Å². The Balaban J connectivity index is 1.81. The van der Waals surface area contributed by atoms with Crippen LogP contribution in [0.5, 0.6) is 0 Å². The summed E-state index contributed by atoms with van der Waals surface area (Å²) in [6, 6.07) is 15.7. The number of likely N-dealkylation sites (tertiary alicyclic amines) is 1. The molecule has 1 aliphatic rings. The van der Waals surface area contributed by atoms with Gasteiger partial charge in [-0.1, -0.05) is 50.2 Å². The molecule has 2 heterocycles. The van der Waals surface area contributed by atoms with Crippen molar-refractivity contribution in [2.75, 3.05) is 6.54 Å². The maximum Gasteiger partial charge on any atom is 0.101 e. The lowest BCUT2D eigenvalue weighted by Gasteiger charge is -2.26. The van der Waals surface area contributed by atoms with E-state index in [0.717, 1.165) is 6.54 Å². The molecule has 1 saturated heterocycles. The van der Waals surface area contributed by atoms with Gasteiger partial charge in [0.05, 0.1) is 0 Å². The highest BCUT2D eigenvalue weighted by Gasteiger charge is 2.28. The third-order valence-electron chi connectivity index (χ3n) is 4.10. The van der Waals surface area contributed by atoms with E-state index in [0.29, 0.717) is 11.3 Å². The van der Waals surface area contributed by atoms with Crippen LogP contribution in [0.15, 0.2) is 53.7 Å². The van der Waals surface area contributed by atoms with Crippen molar-refractivity contribution in [2.45, 2.75) is 49.6 Å². The van der Waals surface area contributed by atoms with Gasteiger partial charge in [-0.3, -0.25) is 4.90 Å². The molecule has 0 unspecified atom stereocenters. The van der Waals surface area contributed by atoms with Crippen LogP contribution in [0.25, 0.3) is 0 Å². The van der Waals surface area contributed by atoms with Gasteiger partial charge in [0.25, 0.3) is 0 Å². The van der Waals surface area contributed by atoms with E-state index in [2.05, 4.69) is 66.2 Å². The molecular weight excluding hydrogens is 288 g/mol. The monoisotopic (exact) mass is 312 g/mol. The van der Waals surface area contributed by atoms with Crippen LogP contribution in [0.4, 0.5) is 0 Å². The van der Waals surface area contributed by atoms with Crippen LogP contribution in [0.3, 0.4) is 0 Å². The molecule has 0 amide bonds. The summed E-state index contributed by atoms with van der Waals surface area (Å²) in [5.41, 5.74) is 2.81. The van der Waals surface area contributed by atoms with Crippen molar-refractivity contribution in [3.05, 3.63) is 59.8 Å². The topological polar surface area (TPSA) is 16.1 Å². The van der Waals surface area contributed by atoms with Gasteiger partial charge in [0.2, 0.25) is 0 Å². The third-order valence-corrected chi connectivity index (χ3v) is 5.13. The molecule has 0 radical (unpaired) electrons. The molecule has 0 N–H and O–H groups in total. The van der Waals surface area contributed by atoms with Gasteiger partial charge in [0, 0.05) is 29.6 Å². The lowest BCUT2D eigenvalue weighted by atomic mass is 10.1. The van der Waals surface area contributed by atoms with E-state index in [9.17, 15) is 0 Å². The SMILES string of the molecule is CC(C)Sc1ncccc1[C@@H]1CCCN1Cc1ccccc1. The summed E-state index contributed by atoms with van der Waals surface area (Å²) in [4.78, 5) is 7.25. The van der Waals surface area contributed by atoms with Crippen molar-refractivity contribution in [1.82, 2.24) is 9.88 Å². The summed E-state index contributed by atoms with van der Waals surface area (Å²) < 4.78 is 0. The van der Waals surface area contributed by atoms with E-state index in [1.54, 1.807) is 0 Å². The predicted molar refractivity (Wildman–Crippen MR) is 94.1 cm³/mol. The van der Waals surface area contributed by atoms with Crippen LogP contribution in [0, 0.1) is 0 Å². The minimum absolute atomic E-state index is 0.509. The Bertz CT molecular complexity index is 597. The summed E-state index contributed by atoms with van der Waals surface area (Å²) in [6.45, 7) is 6.69. The lowest BCUT2D eigenvalue weighted by molar-refractivity contribution is 0.245. The third kappa shape index (κ3) is 3.71. The molecule has 1 aliphatic heterocycles. The zero-order valence-electron chi connectivity index (χ0n) is 13.4. The summed E-state index contributed by atoms with van der Waals surface area (Å²) in [5, 5.41) is 1.78. The van der Waals surface area contributed by atoms with E-state index >= 15 is 0 Å². The zero-order chi connectivity index (χ0) is 15.4. The van der Waals surface area contributed by atoms with Crippen molar-refractivity contribution in [1.29, 1.82) is 0 Å². The van der Waals surface area contributed by atoms with Gasteiger partial charge in [-0.2, -0.15) is 0 Å². The molecule has 1 aromatic carbocycles. The second kappa shape index (κ2) is 7.30. The summed E-state index contributed by atoms with van der Waals surface area (Å²) >= 11 is 1.88. The number of thioether (sulfide) groups is 1. The molecular formula is C19H24N2S. The number of nitrogens with zero attached hydrogens (tertiary/aromatic N) is 2. The Morgan fingerprint density at radius 1 is 1.18 bits per heavy atom. The van der Waals surface area contributed by atoms with Gasteiger partial charge < -0.3 is 0 Å². The fourth-order valence-corrected chi connectivity index (χ4v) is 4.07. The van der Waals surface area contributed by atoms with Gasteiger partial charge in [0.15, 0.2) is 0 Å². The van der Waals surface area contributed by atoms with Gasteiger partial charge >= 0.3 is 0 Å². The van der Waals surface area contributed by atoms with Crippen molar-refractivity contribution < 1.29 is 0 Å². The van der Waals surface area contributed by atoms with Crippen LogP contribution in [-0.2, 0) is 6.54 Å². The Labute approximate surface area is 138 Å². The Kier molecular flexibility index (Phi) is 5.16. The van der Waals surface area contributed by atoms with E-state index in [1.807, 2.05) is 18.0 Å². The Hall–Kier alpha value is -1.32. The average molecular weight is 312 g/mol. The van der Waals surface area contributed by atoms with Crippen LogP contribution in [0.2, 0.25) is 0 Å². The minimum Gasteiger partial charge on any atom is -0.292 e. The van der Waals surface area contributed by atoms with E-state index in [4.69, 9.17) is 0 Å². The lowest BCUT2D eigenvalue weighted by Crippen LogP contribution is -2.23. The average Bonchev–Trinajstić information content (AvgIpc) is 2.96. The highest BCUT2D eigenvalue weighted by Crippen LogP contribution is 2.38. The van der Waals surface area contributed by atoms with Crippen LogP contribution in [-0.4, -0.2) is 21.7 Å². The first-order valence-electron chi connectivity index (χ1n) is 8.13. The smallest absolute Gasteiger partial charge is 0.101 e. The Morgan fingerprint density at radius 2 is 2.00 bits per heavy atom. The first-order valence-corrected chi connectivity index (χ1v) is 9.01. The zero-order valence-corrected chi connectivity index (χ0v) is 14.2. The molecule has 0 spiro atoms. The highest BCUT2D eigenvalue weighted by molar-refractivity contribution is 7.99. The number of pyridine rings is 1. The van der Waals surface area contributed by atoms with Crippen molar-refractivity contribution >= 4 is 11.8 Å².